The van der Waals surface area contributed by atoms with Gasteiger partial charge in [0.25, 0.3) is 0 Å². The minimum atomic E-state index is 0.0273. The maximum Gasteiger partial charge on any atom is 0.171 e. The average molecular weight is 266 g/mol. The number of carbonyl (C=O) groups excluding carboxylic acids is 1. The second-order valence-corrected chi connectivity index (χ2v) is 4.56. The van der Waals surface area contributed by atoms with Crippen molar-refractivity contribution < 1.29 is 13.9 Å². The lowest BCUT2D eigenvalue weighted by molar-refractivity contribution is 0.0993. The van der Waals surface area contributed by atoms with Crippen molar-refractivity contribution in [2.24, 2.45) is 0 Å². The zero-order valence-electron chi connectivity index (χ0n) is 11.1. The zero-order valence-corrected chi connectivity index (χ0v) is 11.1. The molecular weight excluding hydrogens is 252 g/mol. The lowest BCUT2D eigenvalue weighted by Crippen LogP contribution is -2.04. The van der Waals surface area contributed by atoms with E-state index in [0.717, 1.165) is 22.3 Å². The lowest BCUT2D eigenvalue weighted by atomic mass is 10.0. The number of ether oxygens (including phenoxy) is 1. The quantitative estimate of drug-likeness (QED) is 0.673. The third-order valence-electron chi connectivity index (χ3n) is 3.32. The molecule has 0 fully saturated rings. The molecule has 3 aromatic rings. The molecule has 3 nitrogen and oxygen atoms in total. The van der Waals surface area contributed by atoms with Crippen LogP contribution in [0.25, 0.3) is 11.0 Å². The Labute approximate surface area is 116 Å². The molecule has 1 aromatic heterocycles. The molecule has 3 rings (SSSR count). The first kappa shape index (κ1) is 12.5. The largest absolute Gasteiger partial charge is 0.496 e. The van der Waals surface area contributed by atoms with Crippen molar-refractivity contribution >= 4 is 16.8 Å². The third-order valence-corrected chi connectivity index (χ3v) is 3.32. The molecule has 0 spiro atoms. The van der Waals surface area contributed by atoms with Crippen LogP contribution in [0.1, 0.15) is 15.9 Å². The Balaban J connectivity index is 1.93. The zero-order chi connectivity index (χ0) is 13.9. The van der Waals surface area contributed by atoms with E-state index in [-0.39, 0.29) is 5.78 Å². The van der Waals surface area contributed by atoms with E-state index in [1.165, 1.54) is 6.26 Å². The van der Waals surface area contributed by atoms with Gasteiger partial charge < -0.3 is 9.15 Å². The second-order valence-electron chi connectivity index (χ2n) is 4.56. The predicted molar refractivity (Wildman–Crippen MR) is 77.2 cm³/mol. The molecule has 0 amide bonds. The fraction of sp³-hybridized carbons (Fsp3) is 0.118. The predicted octanol–water partition coefficient (Wildman–Crippen LogP) is 3.87. The maximum absolute atomic E-state index is 12.4. The minimum absolute atomic E-state index is 0.0273. The molecule has 20 heavy (non-hydrogen) atoms. The highest BCUT2D eigenvalue weighted by molar-refractivity contribution is 6.08. The van der Waals surface area contributed by atoms with Crippen molar-refractivity contribution in [1.82, 2.24) is 0 Å². The molecule has 100 valence electrons. The van der Waals surface area contributed by atoms with Gasteiger partial charge in [-0.2, -0.15) is 0 Å². The molecule has 2 aromatic carbocycles. The molecule has 0 aliphatic heterocycles. The molecule has 0 saturated heterocycles. The third kappa shape index (κ3) is 2.18. The van der Waals surface area contributed by atoms with Crippen LogP contribution in [-0.4, -0.2) is 12.9 Å². The van der Waals surface area contributed by atoms with Crippen LogP contribution in [0.4, 0.5) is 0 Å². The van der Waals surface area contributed by atoms with Crippen molar-refractivity contribution in [2.75, 3.05) is 7.11 Å². The summed E-state index contributed by atoms with van der Waals surface area (Å²) < 4.78 is 10.7. The van der Waals surface area contributed by atoms with Crippen molar-refractivity contribution in [3.05, 3.63) is 65.9 Å². The first-order valence-corrected chi connectivity index (χ1v) is 6.41. The van der Waals surface area contributed by atoms with Crippen LogP contribution in [0.2, 0.25) is 0 Å². The van der Waals surface area contributed by atoms with E-state index in [1.54, 1.807) is 7.11 Å². The van der Waals surface area contributed by atoms with Crippen molar-refractivity contribution in [3.8, 4) is 5.75 Å². The number of hydrogen-bond donors (Lipinski definition) is 0. The molecule has 0 atom stereocenters. The Morgan fingerprint density at radius 2 is 1.85 bits per heavy atom. The van der Waals surface area contributed by atoms with Gasteiger partial charge in [0.2, 0.25) is 0 Å². The SMILES string of the molecule is COc1ccccc1CC(=O)c1coc2ccccc12. The smallest absolute Gasteiger partial charge is 0.171 e. The normalized spacial score (nSPS) is 10.7. The summed E-state index contributed by atoms with van der Waals surface area (Å²) in [6.45, 7) is 0. The van der Waals surface area contributed by atoms with Gasteiger partial charge in [-0.15, -0.1) is 0 Å². The van der Waals surface area contributed by atoms with Gasteiger partial charge in [-0.1, -0.05) is 36.4 Å². The number of Topliss-reactive ketones (excluding diaryl/α,β-unsaturated/α-hetero) is 1. The van der Waals surface area contributed by atoms with Gasteiger partial charge in [0, 0.05) is 17.4 Å². The molecule has 0 aliphatic rings. The highest BCUT2D eigenvalue weighted by Crippen LogP contribution is 2.24. The van der Waals surface area contributed by atoms with Crippen LogP contribution in [0.3, 0.4) is 0 Å². The minimum Gasteiger partial charge on any atom is -0.496 e. The number of carbonyl (C=O) groups is 1. The Bertz CT molecular complexity index is 756. The number of fused-ring (bicyclic) bond motifs is 1. The van der Waals surface area contributed by atoms with Gasteiger partial charge in [-0.3, -0.25) is 4.79 Å². The summed E-state index contributed by atoms with van der Waals surface area (Å²) in [6, 6.07) is 15.1. The molecule has 0 N–H and O–H groups in total. The molecule has 3 heteroatoms. The van der Waals surface area contributed by atoms with Crippen LogP contribution in [0.5, 0.6) is 5.75 Å². The van der Waals surface area contributed by atoms with Gasteiger partial charge in [0.15, 0.2) is 5.78 Å². The standard InChI is InChI=1S/C17H14O3/c1-19-16-8-4-2-6-12(16)10-15(18)14-11-20-17-9-5-3-7-13(14)17/h2-9,11H,10H2,1H3. The number of para-hydroxylation sites is 2. The number of methoxy groups -OCH3 is 1. The van der Waals surface area contributed by atoms with E-state index in [1.807, 2.05) is 48.5 Å². The number of benzene rings is 2. The second kappa shape index (κ2) is 5.21. The Morgan fingerprint density at radius 1 is 1.10 bits per heavy atom. The monoisotopic (exact) mass is 266 g/mol. The molecule has 0 saturated carbocycles. The van der Waals surface area contributed by atoms with Crippen molar-refractivity contribution in [3.63, 3.8) is 0 Å². The van der Waals surface area contributed by atoms with E-state index >= 15 is 0 Å². The molecule has 0 unspecified atom stereocenters. The van der Waals surface area contributed by atoms with E-state index < -0.39 is 0 Å². The molecule has 0 bridgehead atoms. The Kier molecular flexibility index (Phi) is 3.25. The summed E-state index contributed by atoms with van der Waals surface area (Å²) >= 11 is 0. The van der Waals surface area contributed by atoms with Crippen LogP contribution in [0, 0.1) is 0 Å². The molecule has 0 aliphatic carbocycles. The fourth-order valence-corrected chi connectivity index (χ4v) is 2.31. The van der Waals surface area contributed by atoms with E-state index in [0.29, 0.717) is 12.0 Å². The van der Waals surface area contributed by atoms with Crippen LogP contribution in [0.15, 0.2) is 59.2 Å². The average Bonchev–Trinajstić information content (AvgIpc) is 2.92. The highest BCUT2D eigenvalue weighted by atomic mass is 16.5. The summed E-state index contributed by atoms with van der Waals surface area (Å²) in [6.07, 6.45) is 1.83. The number of rotatable bonds is 4. The highest BCUT2D eigenvalue weighted by Gasteiger charge is 2.15. The fourth-order valence-electron chi connectivity index (χ4n) is 2.31. The van der Waals surface area contributed by atoms with Gasteiger partial charge in [0.05, 0.1) is 12.7 Å². The van der Waals surface area contributed by atoms with Gasteiger partial charge in [-0.25, -0.2) is 0 Å². The topological polar surface area (TPSA) is 39.4 Å². The number of hydrogen-bond acceptors (Lipinski definition) is 3. The van der Waals surface area contributed by atoms with Gasteiger partial charge >= 0.3 is 0 Å². The van der Waals surface area contributed by atoms with E-state index in [2.05, 4.69) is 0 Å². The number of ketones is 1. The lowest BCUT2D eigenvalue weighted by Gasteiger charge is -2.06. The van der Waals surface area contributed by atoms with Gasteiger partial charge in [0.1, 0.15) is 17.6 Å². The summed E-state index contributed by atoms with van der Waals surface area (Å²) in [5, 5.41) is 0.854. The first-order chi connectivity index (χ1) is 9.79. The molecule has 0 radical (unpaired) electrons. The van der Waals surface area contributed by atoms with Crippen molar-refractivity contribution in [2.45, 2.75) is 6.42 Å². The Hall–Kier alpha value is -2.55. The summed E-state index contributed by atoms with van der Waals surface area (Å²) in [5.41, 5.74) is 2.23. The summed E-state index contributed by atoms with van der Waals surface area (Å²) in [4.78, 5) is 12.4. The molecule has 1 heterocycles. The van der Waals surface area contributed by atoms with Crippen molar-refractivity contribution in [1.29, 1.82) is 0 Å². The van der Waals surface area contributed by atoms with Crippen LogP contribution >= 0.6 is 0 Å². The van der Waals surface area contributed by atoms with E-state index in [9.17, 15) is 4.79 Å². The summed E-state index contributed by atoms with van der Waals surface area (Å²) in [7, 11) is 1.61. The number of furan rings is 1. The first-order valence-electron chi connectivity index (χ1n) is 6.41. The molecular formula is C17H14O3. The Morgan fingerprint density at radius 3 is 2.70 bits per heavy atom. The van der Waals surface area contributed by atoms with Crippen LogP contribution in [-0.2, 0) is 6.42 Å². The van der Waals surface area contributed by atoms with Crippen LogP contribution < -0.4 is 4.74 Å². The van der Waals surface area contributed by atoms with E-state index in [4.69, 9.17) is 9.15 Å². The summed E-state index contributed by atoms with van der Waals surface area (Å²) in [5.74, 6) is 0.758. The van der Waals surface area contributed by atoms with Gasteiger partial charge in [-0.05, 0) is 12.1 Å². The maximum atomic E-state index is 12.4.